The third kappa shape index (κ3) is 327. The second-order valence-electron chi connectivity index (χ2n) is 0.899. The van der Waals surface area contributed by atoms with Crippen molar-refractivity contribution in [1.82, 2.24) is 0 Å². The second-order valence-corrected chi connectivity index (χ2v) is 2.70. The third-order valence-electron chi connectivity index (χ3n) is 0. The van der Waals surface area contributed by atoms with Gasteiger partial charge in [-0.15, -0.1) is 0 Å². The van der Waals surface area contributed by atoms with Gasteiger partial charge in [0.2, 0.25) is 0 Å². The van der Waals surface area contributed by atoms with Crippen molar-refractivity contribution >= 4 is 41.3 Å². The summed E-state index contributed by atoms with van der Waals surface area (Å²) in [6.07, 6.45) is 0. The van der Waals surface area contributed by atoms with E-state index in [4.69, 9.17) is 36.8 Å². The minimum atomic E-state index is -5.17. The van der Waals surface area contributed by atoms with E-state index in [1.54, 1.807) is 0 Å². The third-order valence-corrected chi connectivity index (χ3v) is 0. The van der Waals surface area contributed by atoms with Crippen molar-refractivity contribution in [2.24, 2.45) is 0 Å². The zero-order chi connectivity index (χ0) is 9.00. The quantitative estimate of drug-likeness (QED) is 0.189. The first-order chi connectivity index (χ1) is 4.00. The number of hydrogen-bond donors (Lipinski definition) is 2. The van der Waals surface area contributed by atoms with Crippen LogP contribution in [0, 0.1) is 0 Å². The molecule has 0 amide bonds. The summed E-state index contributed by atoms with van der Waals surface area (Å²) in [4.78, 5) is 22.9. The standard InChI is InChI=1S/ClH.K.Mg.Na.H3O4P.H2O4S.H2O/c;;;;2*1-5(2,3)4;/h1H;;;;(H3,1,2,3,4);(H2,1,2,3,4);1H2/q;+1;+2;+1;;;/p-4. The van der Waals surface area contributed by atoms with Gasteiger partial charge < -0.3 is 41.7 Å². The van der Waals surface area contributed by atoms with E-state index in [0.717, 1.165) is 0 Å². The first-order valence-electron chi connectivity index (χ1n) is 1.43. The smallest absolute Gasteiger partial charge is 1.00 e. The minimum Gasteiger partial charge on any atom is -1.00 e. The Morgan fingerprint density at radius 2 is 1.13 bits per heavy atom. The molecule has 0 saturated carbocycles. The first-order valence-corrected chi connectivity index (χ1v) is 4.30. The molecule has 0 rings (SSSR count). The predicted molar refractivity (Wildman–Crippen MR) is 31.9 cm³/mol. The molecular formula is H4ClKMgNaO9PS. The molecule has 0 aliphatic heterocycles. The van der Waals surface area contributed by atoms with Crippen molar-refractivity contribution in [2.45, 2.75) is 0 Å². The van der Waals surface area contributed by atoms with Gasteiger partial charge in [-0.3, -0.25) is 13.0 Å². The number of rotatable bonds is 0. The van der Waals surface area contributed by atoms with Gasteiger partial charge in [-0.1, -0.05) is 0 Å². The van der Waals surface area contributed by atoms with Crippen LogP contribution in [0.3, 0.4) is 0 Å². The molecule has 0 aliphatic rings. The first kappa shape index (κ1) is 42.8. The van der Waals surface area contributed by atoms with Crippen molar-refractivity contribution in [3.05, 3.63) is 0 Å². The summed E-state index contributed by atoms with van der Waals surface area (Å²) in [5.41, 5.74) is 0. The Balaban J connectivity index is -0.0000000128. The summed E-state index contributed by atoms with van der Waals surface area (Å²) < 4.78 is 42.9. The Labute approximate surface area is 173 Å². The molecule has 0 fully saturated rings. The van der Waals surface area contributed by atoms with Gasteiger partial charge in [0.25, 0.3) is 7.82 Å². The van der Waals surface area contributed by atoms with Crippen LogP contribution >= 0.6 is 7.82 Å². The fourth-order valence-electron chi connectivity index (χ4n) is 0. The van der Waals surface area contributed by atoms with Crippen LogP contribution in [0.5, 0.6) is 0 Å². The molecule has 0 aliphatic carbocycles. The van der Waals surface area contributed by atoms with Gasteiger partial charge in [0.1, 0.15) is 0 Å². The van der Waals surface area contributed by atoms with E-state index in [-0.39, 0.29) is 122 Å². The van der Waals surface area contributed by atoms with Crippen LogP contribution in [0.2, 0.25) is 0 Å². The number of halogens is 1. The Bertz CT molecular complexity index is 208. The van der Waals surface area contributed by atoms with E-state index in [1.807, 2.05) is 0 Å². The van der Waals surface area contributed by atoms with Crippen LogP contribution in [0.15, 0.2) is 0 Å². The van der Waals surface area contributed by atoms with E-state index in [2.05, 4.69) is 0 Å². The summed E-state index contributed by atoms with van der Waals surface area (Å²) in [6.45, 7) is 0. The van der Waals surface area contributed by atoms with E-state index in [9.17, 15) is 0 Å². The molecule has 0 radical (unpaired) electrons. The zero-order valence-corrected chi connectivity index (χ0v) is 16.8. The molecule has 9 nitrogen and oxygen atoms in total. The van der Waals surface area contributed by atoms with Gasteiger partial charge in [-0.2, -0.15) is 0 Å². The molecule has 80 valence electrons. The molecule has 0 spiro atoms. The fourth-order valence-corrected chi connectivity index (χ4v) is 0. The Morgan fingerprint density at radius 1 is 1.13 bits per heavy atom. The van der Waals surface area contributed by atoms with Gasteiger partial charge in [-0.25, -0.2) is 0 Å². The average molecular weight is 333 g/mol. The van der Waals surface area contributed by atoms with E-state index in [1.165, 1.54) is 0 Å². The Kier molecular flexibility index (Phi) is 57.0. The number of phosphoric acid groups is 1. The van der Waals surface area contributed by atoms with Crippen molar-refractivity contribution in [1.29, 1.82) is 0 Å². The van der Waals surface area contributed by atoms with Crippen molar-refractivity contribution in [3.8, 4) is 0 Å². The molecule has 0 saturated heterocycles. The van der Waals surface area contributed by atoms with Gasteiger partial charge in [0, 0.05) is 10.4 Å². The molecule has 0 bridgehead atoms. The summed E-state index contributed by atoms with van der Waals surface area (Å²) in [5, 5.41) is 0. The molecule has 0 aromatic carbocycles. The maximum Gasteiger partial charge on any atom is 2.00 e. The fraction of sp³-hybridized carbons (Fsp3) is 0. The second kappa shape index (κ2) is 20.0. The van der Waals surface area contributed by atoms with Gasteiger partial charge in [0.15, 0.2) is 0 Å². The van der Waals surface area contributed by atoms with Crippen LogP contribution in [-0.2, 0) is 15.0 Å². The molecular weight excluding hydrogens is 329 g/mol. The molecule has 4 N–H and O–H groups in total. The molecule has 15 heteroatoms. The van der Waals surface area contributed by atoms with Crippen LogP contribution in [0.25, 0.3) is 0 Å². The van der Waals surface area contributed by atoms with Gasteiger partial charge in [0.05, 0.1) is 0 Å². The molecule has 0 aromatic heterocycles. The normalized spacial score (nSPS) is 7.80. The summed E-state index contributed by atoms with van der Waals surface area (Å²) in [5.74, 6) is 0. The molecule has 0 unspecified atom stereocenters. The van der Waals surface area contributed by atoms with Crippen molar-refractivity contribution in [2.75, 3.05) is 0 Å². The van der Waals surface area contributed by atoms with Crippen LogP contribution in [-0.4, -0.2) is 55.8 Å². The SMILES string of the molecule is O.O=P([O-])(O)O.O=S(=O)([O-])[O-].[Cl-].[K+].[Mg+2].[Na+]. The Morgan fingerprint density at radius 3 is 1.13 bits per heavy atom. The van der Waals surface area contributed by atoms with E-state index < -0.39 is 18.2 Å². The average Bonchev–Trinajstić information content (AvgIpc) is 1.12. The van der Waals surface area contributed by atoms with Crippen LogP contribution < -0.4 is 98.2 Å². The van der Waals surface area contributed by atoms with E-state index in [0.29, 0.717) is 0 Å². The maximum absolute atomic E-state index is 8.77. The Hall–Kier alpha value is 3.63. The molecule has 0 aromatic rings. The molecule has 0 atom stereocenters. The maximum atomic E-state index is 8.77. The summed E-state index contributed by atoms with van der Waals surface area (Å²) >= 11 is 0. The minimum absolute atomic E-state index is 0. The molecule has 0 heterocycles. The van der Waals surface area contributed by atoms with E-state index >= 15 is 0 Å². The summed E-state index contributed by atoms with van der Waals surface area (Å²) in [6, 6.07) is 0. The topological polar surface area (TPSA) is 192 Å². The van der Waals surface area contributed by atoms with Crippen LogP contribution in [0.1, 0.15) is 0 Å². The monoisotopic (exact) mass is 332 g/mol. The van der Waals surface area contributed by atoms with Gasteiger partial charge >= 0.3 is 104 Å². The molecule has 15 heavy (non-hydrogen) atoms. The largest absolute Gasteiger partial charge is 2.00 e. The predicted octanol–water partition coefficient (Wildman–Crippen LogP) is -13.1. The summed E-state index contributed by atoms with van der Waals surface area (Å²) in [7, 11) is -10.1. The van der Waals surface area contributed by atoms with Gasteiger partial charge in [-0.05, 0) is 0 Å². The number of hydrogen-bond acceptors (Lipinski definition) is 6. The van der Waals surface area contributed by atoms with Crippen LogP contribution in [0.4, 0.5) is 0 Å². The van der Waals surface area contributed by atoms with Crippen molar-refractivity contribution in [3.63, 3.8) is 0 Å². The zero-order valence-electron chi connectivity index (χ0n) is 7.78. The van der Waals surface area contributed by atoms with Crippen molar-refractivity contribution < 1.29 is 136 Å².